The minimum Gasteiger partial charge on any atom is -0.121 e. The van der Waals surface area contributed by atoms with Crippen molar-refractivity contribution in [1.82, 2.24) is 0 Å². The Kier molecular flexibility index (Phi) is 5.39. The van der Waals surface area contributed by atoms with E-state index in [1.807, 2.05) is 11.8 Å². The van der Waals surface area contributed by atoms with E-state index in [9.17, 15) is 0 Å². The zero-order chi connectivity index (χ0) is 9.61. The number of allylic oxidation sites excluding steroid dienone is 2. The predicted molar refractivity (Wildman–Crippen MR) is 60.5 cm³/mol. The molecule has 0 aliphatic rings. The van der Waals surface area contributed by atoms with E-state index in [2.05, 4.69) is 46.4 Å². The van der Waals surface area contributed by atoms with Crippen LogP contribution in [0.2, 0.25) is 0 Å². The van der Waals surface area contributed by atoms with E-state index in [0.29, 0.717) is 4.75 Å². The Labute approximate surface area is 81.1 Å². The fraction of sp³-hybridized carbons (Fsp3) is 0.636. The van der Waals surface area contributed by atoms with Crippen molar-refractivity contribution >= 4 is 11.8 Å². The molecule has 0 atom stereocenters. The molecule has 0 aromatic heterocycles. The normalized spacial score (nSPS) is 12.3. The van der Waals surface area contributed by atoms with Crippen LogP contribution < -0.4 is 0 Å². The SMILES string of the molecule is C=C(C=CCC)SC(C)(C)CC. The van der Waals surface area contributed by atoms with Gasteiger partial charge in [-0.3, -0.25) is 0 Å². The fourth-order valence-electron chi connectivity index (χ4n) is 0.710. The quantitative estimate of drug-likeness (QED) is 0.571. The third-order valence-electron chi connectivity index (χ3n) is 1.80. The van der Waals surface area contributed by atoms with Gasteiger partial charge in [-0.25, -0.2) is 0 Å². The van der Waals surface area contributed by atoms with Crippen LogP contribution >= 0.6 is 11.8 Å². The second-order valence-electron chi connectivity index (χ2n) is 3.49. The molecule has 0 radical (unpaired) electrons. The molecule has 0 rings (SSSR count). The number of hydrogen-bond donors (Lipinski definition) is 0. The number of thioether (sulfide) groups is 1. The lowest BCUT2D eigenvalue weighted by Crippen LogP contribution is -2.11. The van der Waals surface area contributed by atoms with Crippen molar-refractivity contribution in [3.8, 4) is 0 Å². The van der Waals surface area contributed by atoms with Gasteiger partial charge in [0.15, 0.2) is 0 Å². The maximum absolute atomic E-state index is 4.00. The van der Waals surface area contributed by atoms with Gasteiger partial charge in [0.2, 0.25) is 0 Å². The highest BCUT2D eigenvalue weighted by Gasteiger charge is 2.15. The van der Waals surface area contributed by atoms with Crippen molar-refractivity contribution in [3.05, 3.63) is 23.6 Å². The summed E-state index contributed by atoms with van der Waals surface area (Å²) in [6.07, 6.45) is 6.53. The molecule has 0 saturated heterocycles. The Bertz CT molecular complexity index is 166. The van der Waals surface area contributed by atoms with E-state index >= 15 is 0 Å². The van der Waals surface area contributed by atoms with Crippen LogP contribution in [0.4, 0.5) is 0 Å². The first kappa shape index (κ1) is 11.8. The van der Waals surface area contributed by atoms with Crippen LogP contribution in [-0.4, -0.2) is 4.75 Å². The zero-order valence-electron chi connectivity index (χ0n) is 8.68. The van der Waals surface area contributed by atoms with Crippen molar-refractivity contribution in [1.29, 1.82) is 0 Å². The molecule has 0 aromatic rings. The molecule has 0 saturated carbocycles. The third kappa shape index (κ3) is 5.48. The minimum atomic E-state index is 0.329. The largest absolute Gasteiger partial charge is 0.121 e. The van der Waals surface area contributed by atoms with Crippen LogP contribution in [0.25, 0.3) is 0 Å². The highest BCUT2D eigenvalue weighted by atomic mass is 32.2. The second-order valence-corrected chi connectivity index (χ2v) is 5.33. The summed E-state index contributed by atoms with van der Waals surface area (Å²) in [7, 11) is 0. The summed E-state index contributed by atoms with van der Waals surface area (Å²) >= 11 is 1.86. The topological polar surface area (TPSA) is 0 Å². The molecule has 0 amide bonds. The van der Waals surface area contributed by atoms with Crippen LogP contribution in [-0.2, 0) is 0 Å². The Balaban J connectivity index is 3.92. The van der Waals surface area contributed by atoms with Gasteiger partial charge < -0.3 is 0 Å². The zero-order valence-corrected chi connectivity index (χ0v) is 9.50. The third-order valence-corrected chi connectivity index (χ3v) is 3.04. The lowest BCUT2D eigenvalue weighted by atomic mass is 10.1. The first-order valence-electron chi connectivity index (χ1n) is 4.56. The summed E-state index contributed by atoms with van der Waals surface area (Å²) < 4.78 is 0.329. The minimum absolute atomic E-state index is 0.329. The van der Waals surface area contributed by atoms with Crippen molar-refractivity contribution in [3.63, 3.8) is 0 Å². The molecule has 0 N–H and O–H groups in total. The summed E-state index contributed by atoms with van der Waals surface area (Å²) in [6, 6.07) is 0. The smallest absolute Gasteiger partial charge is 0.0148 e. The van der Waals surface area contributed by atoms with E-state index in [0.717, 1.165) is 6.42 Å². The van der Waals surface area contributed by atoms with Gasteiger partial charge in [0.05, 0.1) is 0 Å². The van der Waals surface area contributed by atoms with E-state index in [4.69, 9.17) is 0 Å². The highest BCUT2D eigenvalue weighted by Crippen LogP contribution is 2.33. The Morgan fingerprint density at radius 3 is 2.42 bits per heavy atom. The average molecular weight is 184 g/mol. The van der Waals surface area contributed by atoms with Gasteiger partial charge in [-0.1, -0.05) is 46.4 Å². The maximum atomic E-state index is 4.00. The summed E-state index contributed by atoms with van der Waals surface area (Å²) in [6.45, 7) is 12.9. The molecule has 0 aromatic carbocycles. The van der Waals surface area contributed by atoms with Crippen molar-refractivity contribution in [2.75, 3.05) is 0 Å². The highest BCUT2D eigenvalue weighted by molar-refractivity contribution is 8.04. The standard InChI is InChI=1S/C11H20S/c1-6-8-9-10(3)12-11(4,5)7-2/h8-9H,3,6-7H2,1-2,4-5H3. The fourth-order valence-corrected chi connectivity index (χ4v) is 1.73. The maximum Gasteiger partial charge on any atom is 0.0148 e. The molecular formula is C11H20S. The molecule has 0 bridgehead atoms. The Morgan fingerprint density at radius 1 is 1.42 bits per heavy atom. The molecule has 12 heavy (non-hydrogen) atoms. The van der Waals surface area contributed by atoms with E-state index in [1.165, 1.54) is 11.3 Å². The van der Waals surface area contributed by atoms with Crippen molar-refractivity contribution in [2.45, 2.75) is 45.3 Å². The lowest BCUT2D eigenvalue weighted by Gasteiger charge is -2.21. The van der Waals surface area contributed by atoms with Crippen LogP contribution in [0.1, 0.15) is 40.5 Å². The first-order valence-corrected chi connectivity index (χ1v) is 5.38. The summed E-state index contributed by atoms with van der Waals surface area (Å²) in [5.41, 5.74) is 0. The van der Waals surface area contributed by atoms with Gasteiger partial charge in [-0.05, 0) is 12.8 Å². The molecular weight excluding hydrogens is 164 g/mol. The molecule has 0 heterocycles. The van der Waals surface area contributed by atoms with Gasteiger partial charge in [-0.15, -0.1) is 11.8 Å². The summed E-state index contributed by atoms with van der Waals surface area (Å²) in [5, 5.41) is 0. The van der Waals surface area contributed by atoms with E-state index in [-0.39, 0.29) is 0 Å². The molecule has 0 unspecified atom stereocenters. The predicted octanol–water partition coefficient (Wildman–Crippen LogP) is 4.39. The van der Waals surface area contributed by atoms with Gasteiger partial charge in [0, 0.05) is 9.65 Å². The summed E-state index contributed by atoms with van der Waals surface area (Å²) in [4.78, 5) is 1.17. The Hall–Kier alpha value is -0.170. The molecule has 0 aliphatic heterocycles. The lowest BCUT2D eigenvalue weighted by molar-refractivity contribution is 0.687. The summed E-state index contributed by atoms with van der Waals surface area (Å²) in [5.74, 6) is 0. The number of rotatable bonds is 5. The van der Waals surface area contributed by atoms with Gasteiger partial charge >= 0.3 is 0 Å². The first-order chi connectivity index (χ1) is 5.52. The van der Waals surface area contributed by atoms with Crippen LogP contribution in [0, 0.1) is 0 Å². The molecule has 0 fully saturated rings. The van der Waals surface area contributed by atoms with Crippen LogP contribution in [0.3, 0.4) is 0 Å². The molecule has 0 aliphatic carbocycles. The van der Waals surface area contributed by atoms with Crippen LogP contribution in [0.15, 0.2) is 23.6 Å². The van der Waals surface area contributed by atoms with E-state index in [1.54, 1.807) is 0 Å². The monoisotopic (exact) mass is 184 g/mol. The molecule has 0 nitrogen and oxygen atoms in total. The average Bonchev–Trinajstić information content (AvgIpc) is 2.00. The Morgan fingerprint density at radius 2 is 2.00 bits per heavy atom. The van der Waals surface area contributed by atoms with Crippen molar-refractivity contribution < 1.29 is 0 Å². The van der Waals surface area contributed by atoms with Gasteiger partial charge in [0.25, 0.3) is 0 Å². The number of hydrogen-bond acceptors (Lipinski definition) is 1. The van der Waals surface area contributed by atoms with Gasteiger partial charge in [0.1, 0.15) is 0 Å². The van der Waals surface area contributed by atoms with E-state index < -0.39 is 0 Å². The molecule has 0 spiro atoms. The van der Waals surface area contributed by atoms with Crippen LogP contribution in [0.5, 0.6) is 0 Å². The molecule has 70 valence electrons. The van der Waals surface area contributed by atoms with Gasteiger partial charge in [-0.2, -0.15) is 0 Å². The van der Waals surface area contributed by atoms with Crippen molar-refractivity contribution in [2.24, 2.45) is 0 Å². The second kappa shape index (κ2) is 5.47. The molecule has 1 heteroatoms.